The number of nitrogens with one attached hydrogen (secondary N) is 4. The third-order valence-electron chi connectivity index (χ3n) is 3.44. The van der Waals surface area contributed by atoms with E-state index in [9.17, 15) is 9.59 Å². The number of anilines is 1. The minimum absolute atomic E-state index is 0. The van der Waals surface area contributed by atoms with Crippen molar-refractivity contribution in [2.24, 2.45) is 0 Å². The fourth-order valence-corrected chi connectivity index (χ4v) is 2.53. The van der Waals surface area contributed by atoms with E-state index in [2.05, 4.69) is 37.2 Å². The highest BCUT2D eigenvalue weighted by Crippen LogP contribution is 2.13. The molecule has 1 aromatic carbocycles. The maximum Gasteiger partial charge on any atom is 0.319 e. The highest BCUT2D eigenvalue weighted by Gasteiger charge is 2.15. The molecule has 0 bridgehead atoms. The predicted molar refractivity (Wildman–Crippen MR) is 97.1 cm³/mol. The Morgan fingerprint density at radius 3 is 2.48 bits per heavy atom. The monoisotopic (exact) mass is 404 g/mol. The number of piperidine rings is 1. The number of rotatable bonds is 5. The van der Waals surface area contributed by atoms with Crippen molar-refractivity contribution < 1.29 is 9.59 Å². The normalized spacial score (nSPS) is 14.5. The molecule has 1 aromatic rings. The molecule has 23 heavy (non-hydrogen) atoms. The number of hydrogen-bond donors (Lipinski definition) is 4. The van der Waals surface area contributed by atoms with Crippen LogP contribution >= 0.6 is 28.3 Å². The Morgan fingerprint density at radius 1 is 1.17 bits per heavy atom. The second kappa shape index (κ2) is 10.5. The Hall–Kier alpha value is -1.31. The fraction of sp³-hybridized carbons (Fsp3) is 0.467. The molecule has 0 aliphatic carbocycles. The van der Waals surface area contributed by atoms with Crippen molar-refractivity contribution in [1.82, 2.24) is 16.0 Å². The summed E-state index contributed by atoms with van der Waals surface area (Å²) in [4.78, 5) is 23.5. The van der Waals surface area contributed by atoms with Crippen molar-refractivity contribution in [3.8, 4) is 0 Å². The van der Waals surface area contributed by atoms with E-state index >= 15 is 0 Å². The highest BCUT2D eigenvalue weighted by atomic mass is 79.9. The van der Waals surface area contributed by atoms with Crippen molar-refractivity contribution in [1.29, 1.82) is 0 Å². The standard InChI is InChI=1S/C15H21BrN4O2.ClH/c16-11-1-3-12(4-2-11)20-15(22)18-10-7-14(21)19-13-5-8-17-9-6-13;/h1-4,13,17H,5-10H2,(H,19,21)(H2,18,20,22);1H. The first-order valence-corrected chi connectivity index (χ1v) is 8.23. The van der Waals surface area contributed by atoms with Crippen LogP contribution in [0.5, 0.6) is 0 Å². The lowest BCUT2D eigenvalue weighted by Crippen LogP contribution is -2.43. The molecule has 2 rings (SSSR count). The van der Waals surface area contributed by atoms with Gasteiger partial charge in [-0.2, -0.15) is 0 Å². The van der Waals surface area contributed by atoms with E-state index in [0.717, 1.165) is 30.4 Å². The van der Waals surface area contributed by atoms with Crippen LogP contribution in [0.4, 0.5) is 10.5 Å². The number of carbonyl (C=O) groups excluding carboxylic acids is 2. The second-order valence-electron chi connectivity index (χ2n) is 5.23. The first kappa shape index (κ1) is 19.7. The average Bonchev–Trinajstić information content (AvgIpc) is 2.50. The topological polar surface area (TPSA) is 82.3 Å². The van der Waals surface area contributed by atoms with Crippen molar-refractivity contribution in [3.63, 3.8) is 0 Å². The van der Waals surface area contributed by atoms with Gasteiger partial charge in [0.25, 0.3) is 0 Å². The SMILES string of the molecule is Cl.O=C(CCNC(=O)Nc1ccc(Br)cc1)NC1CCNCC1. The third kappa shape index (κ3) is 7.67. The van der Waals surface area contributed by atoms with Gasteiger partial charge in [0.1, 0.15) is 0 Å². The van der Waals surface area contributed by atoms with Crippen molar-refractivity contribution in [3.05, 3.63) is 28.7 Å². The lowest BCUT2D eigenvalue weighted by Gasteiger charge is -2.23. The van der Waals surface area contributed by atoms with Crippen LogP contribution in [0.3, 0.4) is 0 Å². The van der Waals surface area contributed by atoms with Crippen LogP contribution in [-0.4, -0.2) is 37.6 Å². The zero-order chi connectivity index (χ0) is 15.8. The van der Waals surface area contributed by atoms with Crippen LogP contribution in [0.2, 0.25) is 0 Å². The van der Waals surface area contributed by atoms with Crippen molar-refractivity contribution in [2.45, 2.75) is 25.3 Å². The fourth-order valence-electron chi connectivity index (χ4n) is 2.26. The Balaban J connectivity index is 0.00000264. The largest absolute Gasteiger partial charge is 0.353 e. The van der Waals surface area contributed by atoms with E-state index in [1.165, 1.54) is 0 Å². The summed E-state index contributed by atoms with van der Waals surface area (Å²) >= 11 is 3.33. The number of benzene rings is 1. The van der Waals surface area contributed by atoms with E-state index in [0.29, 0.717) is 12.2 Å². The molecule has 1 heterocycles. The summed E-state index contributed by atoms with van der Waals surface area (Å²) in [6.07, 6.45) is 2.21. The predicted octanol–water partition coefficient (Wildman–Crippen LogP) is 2.25. The Morgan fingerprint density at radius 2 is 1.83 bits per heavy atom. The second-order valence-corrected chi connectivity index (χ2v) is 6.15. The lowest BCUT2D eigenvalue weighted by molar-refractivity contribution is -0.121. The lowest BCUT2D eigenvalue weighted by atomic mass is 10.1. The van der Waals surface area contributed by atoms with Gasteiger partial charge in [0.2, 0.25) is 5.91 Å². The number of hydrogen-bond acceptors (Lipinski definition) is 3. The molecule has 0 saturated carbocycles. The molecule has 6 nitrogen and oxygen atoms in total. The molecule has 0 radical (unpaired) electrons. The maximum atomic E-state index is 11.8. The Labute approximate surface area is 150 Å². The molecule has 1 aliphatic rings. The van der Waals surface area contributed by atoms with Gasteiger partial charge in [-0.1, -0.05) is 15.9 Å². The van der Waals surface area contributed by atoms with E-state index in [1.807, 2.05) is 12.1 Å². The molecule has 1 aliphatic heterocycles. The minimum Gasteiger partial charge on any atom is -0.353 e. The van der Waals surface area contributed by atoms with E-state index in [4.69, 9.17) is 0 Å². The van der Waals surface area contributed by atoms with Gasteiger partial charge in [0, 0.05) is 29.2 Å². The molecule has 0 spiro atoms. The minimum atomic E-state index is -0.308. The van der Waals surface area contributed by atoms with Crippen LogP contribution in [0.25, 0.3) is 0 Å². The van der Waals surface area contributed by atoms with E-state index < -0.39 is 0 Å². The van der Waals surface area contributed by atoms with Gasteiger partial charge in [-0.3, -0.25) is 4.79 Å². The molecule has 0 aromatic heterocycles. The van der Waals surface area contributed by atoms with Crippen LogP contribution in [0.15, 0.2) is 28.7 Å². The number of amides is 3. The number of urea groups is 1. The number of carbonyl (C=O) groups is 2. The zero-order valence-electron chi connectivity index (χ0n) is 12.7. The molecular formula is C15H22BrClN4O2. The van der Waals surface area contributed by atoms with E-state index in [1.54, 1.807) is 12.1 Å². The van der Waals surface area contributed by atoms with Crippen molar-refractivity contribution in [2.75, 3.05) is 25.0 Å². The van der Waals surface area contributed by atoms with Crippen LogP contribution in [-0.2, 0) is 4.79 Å². The summed E-state index contributed by atoms with van der Waals surface area (Å²) in [5.74, 6) is -0.0177. The third-order valence-corrected chi connectivity index (χ3v) is 3.97. The summed E-state index contributed by atoms with van der Waals surface area (Å²) < 4.78 is 0.952. The van der Waals surface area contributed by atoms with Crippen LogP contribution < -0.4 is 21.3 Å². The van der Waals surface area contributed by atoms with Gasteiger partial charge in [-0.25, -0.2) is 4.79 Å². The van der Waals surface area contributed by atoms with Gasteiger partial charge in [0.05, 0.1) is 0 Å². The van der Waals surface area contributed by atoms with Crippen LogP contribution in [0, 0.1) is 0 Å². The average molecular weight is 406 g/mol. The quantitative estimate of drug-likeness (QED) is 0.606. The smallest absolute Gasteiger partial charge is 0.319 e. The molecule has 0 atom stereocenters. The summed E-state index contributed by atoms with van der Waals surface area (Å²) in [7, 11) is 0. The summed E-state index contributed by atoms with van der Waals surface area (Å²) in [5.41, 5.74) is 0.708. The molecule has 3 amide bonds. The molecule has 1 saturated heterocycles. The van der Waals surface area contributed by atoms with Gasteiger partial charge in [-0.05, 0) is 50.2 Å². The molecule has 4 N–H and O–H groups in total. The first-order chi connectivity index (χ1) is 10.6. The van der Waals surface area contributed by atoms with Gasteiger partial charge in [0.15, 0.2) is 0 Å². The molecular weight excluding hydrogens is 384 g/mol. The summed E-state index contributed by atoms with van der Waals surface area (Å²) in [6, 6.07) is 7.24. The Bertz CT molecular complexity index is 507. The summed E-state index contributed by atoms with van der Waals surface area (Å²) in [6.45, 7) is 2.21. The highest BCUT2D eigenvalue weighted by molar-refractivity contribution is 9.10. The molecule has 0 unspecified atom stereocenters. The maximum absolute atomic E-state index is 11.8. The Kier molecular flexibility index (Phi) is 8.98. The van der Waals surface area contributed by atoms with Crippen molar-refractivity contribution >= 4 is 46.0 Å². The molecule has 128 valence electrons. The van der Waals surface area contributed by atoms with Gasteiger partial charge < -0.3 is 21.3 Å². The zero-order valence-corrected chi connectivity index (χ0v) is 15.1. The first-order valence-electron chi connectivity index (χ1n) is 7.44. The van der Waals surface area contributed by atoms with Gasteiger partial charge >= 0.3 is 6.03 Å². The van der Waals surface area contributed by atoms with Gasteiger partial charge in [-0.15, -0.1) is 12.4 Å². The molecule has 1 fully saturated rings. The van der Waals surface area contributed by atoms with E-state index in [-0.39, 0.29) is 36.8 Å². The number of halogens is 2. The molecule has 8 heteroatoms. The van der Waals surface area contributed by atoms with Crippen LogP contribution in [0.1, 0.15) is 19.3 Å². The summed E-state index contributed by atoms with van der Waals surface area (Å²) in [5, 5.41) is 11.6.